The Hall–Kier alpha value is -2.82. The van der Waals surface area contributed by atoms with Crippen LogP contribution >= 0.6 is 0 Å². The minimum atomic E-state index is -0.375. The summed E-state index contributed by atoms with van der Waals surface area (Å²) in [6.07, 6.45) is 2.86. The molecule has 0 radical (unpaired) electrons. The highest BCUT2D eigenvalue weighted by Gasteiger charge is 2.14. The molecule has 0 aliphatic rings. The zero-order chi connectivity index (χ0) is 18.4. The summed E-state index contributed by atoms with van der Waals surface area (Å²) in [4.78, 5) is 24.3. The fraction of sp³-hybridized carbons (Fsp3) is 0.333. The highest BCUT2D eigenvalue weighted by molar-refractivity contribution is 5.76. The number of benzene rings is 2. The van der Waals surface area contributed by atoms with Gasteiger partial charge in [0.2, 0.25) is 5.91 Å². The molecule has 1 N–H and O–H groups in total. The van der Waals surface area contributed by atoms with Crippen LogP contribution in [0.3, 0.4) is 0 Å². The maximum absolute atomic E-state index is 12.4. The number of hydrogen-bond donors (Lipinski definition) is 1. The van der Waals surface area contributed by atoms with E-state index in [1.54, 1.807) is 10.6 Å². The lowest BCUT2D eigenvalue weighted by Gasteiger charge is -2.18. The Morgan fingerprint density at radius 3 is 2.62 bits per heavy atom. The van der Waals surface area contributed by atoms with E-state index < -0.39 is 0 Å². The number of aryl methyl sites for hydroxylation is 1. The van der Waals surface area contributed by atoms with Crippen LogP contribution in [0.15, 0.2) is 63.8 Å². The van der Waals surface area contributed by atoms with Gasteiger partial charge in [0.15, 0.2) is 5.58 Å². The molecule has 0 saturated heterocycles. The molecule has 1 atom stereocenters. The number of carbonyl (C=O) groups excluding carboxylic acids is 1. The Balaban J connectivity index is 1.58. The quantitative estimate of drug-likeness (QED) is 0.666. The van der Waals surface area contributed by atoms with Crippen molar-refractivity contribution < 1.29 is 9.21 Å². The van der Waals surface area contributed by atoms with Crippen molar-refractivity contribution in [1.29, 1.82) is 0 Å². The number of hydrogen-bond acceptors (Lipinski definition) is 3. The lowest BCUT2D eigenvalue weighted by molar-refractivity contribution is -0.122. The molecule has 1 amide bonds. The smallest absolute Gasteiger partial charge is 0.408 e. The minimum absolute atomic E-state index is 0.00755. The summed E-state index contributed by atoms with van der Waals surface area (Å²) in [6, 6.07) is 17.4. The Kier molecular flexibility index (Phi) is 5.89. The zero-order valence-electron chi connectivity index (χ0n) is 15.0. The summed E-state index contributed by atoms with van der Waals surface area (Å²) in [5.74, 6) is -0.368. The topological polar surface area (TPSA) is 64.2 Å². The van der Waals surface area contributed by atoms with Gasteiger partial charge < -0.3 is 9.73 Å². The molecule has 5 nitrogen and oxygen atoms in total. The summed E-state index contributed by atoms with van der Waals surface area (Å²) >= 11 is 0. The number of aromatic nitrogens is 1. The van der Waals surface area contributed by atoms with Gasteiger partial charge in [0.25, 0.3) is 0 Å². The number of carbonyl (C=O) groups is 1. The summed E-state index contributed by atoms with van der Waals surface area (Å²) in [5, 5.41) is 3.12. The third-order valence-corrected chi connectivity index (χ3v) is 4.47. The van der Waals surface area contributed by atoms with Gasteiger partial charge in [0.05, 0.1) is 11.6 Å². The van der Waals surface area contributed by atoms with Crippen molar-refractivity contribution in [3.8, 4) is 0 Å². The predicted octanol–water partition coefficient (Wildman–Crippen LogP) is 4.03. The largest absolute Gasteiger partial charge is 0.419 e. The second kappa shape index (κ2) is 8.52. The predicted molar refractivity (Wildman–Crippen MR) is 102 cm³/mol. The molecule has 1 heterocycles. The van der Waals surface area contributed by atoms with E-state index in [9.17, 15) is 9.59 Å². The number of fused-ring (bicyclic) bond motifs is 1. The fourth-order valence-corrected chi connectivity index (χ4v) is 3.19. The molecule has 0 bridgehead atoms. The van der Waals surface area contributed by atoms with Gasteiger partial charge in [-0.05, 0) is 30.5 Å². The van der Waals surface area contributed by atoms with Gasteiger partial charge in [-0.1, -0.05) is 55.8 Å². The van der Waals surface area contributed by atoms with Crippen LogP contribution in [0.1, 0.15) is 44.2 Å². The molecular formula is C21H24N2O3. The Morgan fingerprint density at radius 2 is 1.85 bits per heavy atom. The summed E-state index contributed by atoms with van der Waals surface area (Å²) in [5.41, 5.74) is 2.47. The van der Waals surface area contributed by atoms with Gasteiger partial charge in [0, 0.05) is 13.0 Å². The number of amides is 1. The molecule has 1 unspecified atom stereocenters. The third kappa shape index (κ3) is 4.23. The van der Waals surface area contributed by atoms with Gasteiger partial charge in [-0.25, -0.2) is 4.79 Å². The molecule has 2 aromatic carbocycles. The average Bonchev–Trinajstić information content (AvgIpc) is 2.98. The number of oxazole rings is 1. The number of nitrogens with one attached hydrogen (secondary N) is 1. The van der Waals surface area contributed by atoms with E-state index in [0.717, 1.165) is 23.9 Å². The molecule has 3 rings (SSSR count). The first-order valence-corrected chi connectivity index (χ1v) is 9.11. The highest BCUT2D eigenvalue weighted by Crippen LogP contribution is 2.18. The number of nitrogens with zero attached hydrogens (tertiary/aromatic N) is 1. The Morgan fingerprint density at radius 1 is 1.12 bits per heavy atom. The highest BCUT2D eigenvalue weighted by atomic mass is 16.4. The van der Waals surface area contributed by atoms with Crippen LogP contribution in [0.4, 0.5) is 0 Å². The molecule has 26 heavy (non-hydrogen) atoms. The van der Waals surface area contributed by atoms with Gasteiger partial charge in [-0.3, -0.25) is 9.36 Å². The normalized spacial score (nSPS) is 12.2. The van der Waals surface area contributed by atoms with Crippen LogP contribution < -0.4 is 11.1 Å². The molecule has 3 aromatic rings. The van der Waals surface area contributed by atoms with Crippen molar-refractivity contribution in [3.63, 3.8) is 0 Å². The minimum Gasteiger partial charge on any atom is -0.408 e. The van der Waals surface area contributed by atoms with Gasteiger partial charge >= 0.3 is 5.76 Å². The molecule has 0 saturated carbocycles. The zero-order valence-corrected chi connectivity index (χ0v) is 15.0. The molecule has 5 heteroatoms. The molecule has 0 aliphatic carbocycles. The molecule has 0 aliphatic heterocycles. The van der Waals surface area contributed by atoms with E-state index in [-0.39, 0.29) is 17.7 Å². The Labute approximate surface area is 152 Å². The molecular weight excluding hydrogens is 328 g/mol. The summed E-state index contributed by atoms with van der Waals surface area (Å²) < 4.78 is 6.80. The van der Waals surface area contributed by atoms with Crippen LogP contribution in [0.25, 0.3) is 11.1 Å². The van der Waals surface area contributed by atoms with E-state index in [1.807, 2.05) is 48.5 Å². The third-order valence-electron chi connectivity index (χ3n) is 4.47. The molecule has 1 aromatic heterocycles. The monoisotopic (exact) mass is 352 g/mol. The molecule has 0 spiro atoms. The van der Waals surface area contributed by atoms with Crippen molar-refractivity contribution in [2.45, 2.75) is 45.2 Å². The van der Waals surface area contributed by atoms with E-state index in [4.69, 9.17) is 4.42 Å². The van der Waals surface area contributed by atoms with Crippen molar-refractivity contribution in [2.24, 2.45) is 0 Å². The maximum Gasteiger partial charge on any atom is 0.419 e. The van der Waals surface area contributed by atoms with Gasteiger partial charge in [0.1, 0.15) is 0 Å². The molecule has 136 valence electrons. The molecule has 0 fully saturated rings. The standard InChI is InChI=1S/C21H24N2O3/c1-2-9-17(16-10-4-3-5-11-16)22-20(24)14-8-15-23-18-12-6-7-13-19(18)26-21(23)25/h3-7,10-13,17H,2,8-9,14-15H2,1H3,(H,22,24). The van der Waals surface area contributed by atoms with Crippen LogP contribution in [-0.2, 0) is 11.3 Å². The van der Waals surface area contributed by atoms with E-state index in [2.05, 4.69) is 12.2 Å². The SMILES string of the molecule is CCCC(NC(=O)CCCn1c(=O)oc2ccccc21)c1ccccc1. The summed E-state index contributed by atoms with van der Waals surface area (Å²) in [6.45, 7) is 2.57. The first kappa shape index (κ1) is 18.0. The van der Waals surface area contributed by atoms with Crippen LogP contribution in [-0.4, -0.2) is 10.5 Å². The van der Waals surface area contributed by atoms with Crippen molar-refractivity contribution in [1.82, 2.24) is 9.88 Å². The van der Waals surface area contributed by atoms with Crippen LogP contribution in [0.2, 0.25) is 0 Å². The number of rotatable bonds is 8. The van der Waals surface area contributed by atoms with Gasteiger partial charge in [-0.2, -0.15) is 0 Å². The second-order valence-electron chi connectivity index (χ2n) is 6.41. The van der Waals surface area contributed by atoms with E-state index in [1.165, 1.54) is 0 Å². The Bertz CT molecular complexity index is 912. The van der Waals surface area contributed by atoms with Crippen molar-refractivity contribution >= 4 is 17.0 Å². The van der Waals surface area contributed by atoms with Crippen LogP contribution in [0, 0.1) is 0 Å². The lowest BCUT2D eigenvalue weighted by atomic mass is 10.0. The first-order valence-electron chi connectivity index (χ1n) is 9.11. The van der Waals surface area contributed by atoms with Gasteiger partial charge in [-0.15, -0.1) is 0 Å². The second-order valence-corrected chi connectivity index (χ2v) is 6.41. The fourth-order valence-electron chi connectivity index (χ4n) is 3.19. The lowest BCUT2D eigenvalue weighted by Crippen LogP contribution is -2.28. The summed E-state index contributed by atoms with van der Waals surface area (Å²) in [7, 11) is 0. The average molecular weight is 352 g/mol. The van der Waals surface area contributed by atoms with E-state index >= 15 is 0 Å². The maximum atomic E-state index is 12.4. The van der Waals surface area contributed by atoms with Crippen molar-refractivity contribution in [3.05, 3.63) is 70.7 Å². The van der Waals surface area contributed by atoms with Crippen LogP contribution in [0.5, 0.6) is 0 Å². The first-order chi connectivity index (χ1) is 12.7. The van der Waals surface area contributed by atoms with Crippen molar-refractivity contribution in [2.75, 3.05) is 0 Å². The number of para-hydroxylation sites is 2. The van der Waals surface area contributed by atoms with E-state index in [0.29, 0.717) is 25.0 Å².